The lowest BCUT2D eigenvalue weighted by atomic mass is 9.94. The Morgan fingerprint density at radius 3 is 3.11 bits per heavy atom. The number of nitrogens with one attached hydrogen (secondary N) is 1. The van der Waals surface area contributed by atoms with Gasteiger partial charge in [0.2, 0.25) is 0 Å². The van der Waals surface area contributed by atoms with Crippen molar-refractivity contribution in [2.45, 2.75) is 58.0 Å². The Balaban J connectivity index is 1.52. The molecule has 1 aromatic rings. The summed E-state index contributed by atoms with van der Waals surface area (Å²) in [4.78, 5) is 0. The zero-order chi connectivity index (χ0) is 12.9. The monoisotopic (exact) mass is 260 g/mol. The highest BCUT2D eigenvalue weighted by atomic mass is 15.3. The van der Waals surface area contributed by atoms with E-state index in [2.05, 4.69) is 32.2 Å². The van der Waals surface area contributed by atoms with Crippen LogP contribution >= 0.6 is 0 Å². The topological polar surface area (TPSA) is 42.7 Å². The molecule has 104 valence electrons. The second-order valence-electron chi connectivity index (χ2n) is 5.78. The molecule has 0 aromatic carbocycles. The smallest absolute Gasteiger partial charge is 0.147 e. The number of hydrogen-bond donors (Lipinski definition) is 1. The van der Waals surface area contributed by atoms with Crippen molar-refractivity contribution in [3.8, 4) is 0 Å². The Kier molecular flexibility index (Phi) is 4.28. The maximum Gasteiger partial charge on any atom is 0.147 e. The highest BCUT2D eigenvalue weighted by Gasteiger charge is 2.15. The summed E-state index contributed by atoms with van der Waals surface area (Å²) in [7, 11) is 0. The van der Waals surface area contributed by atoms with Gasteiger partial charge in [0.15, 0.2) is 0 Å². The molecular weight excluding hydrogens is 236 g/mol. The molecule has 0 fully saturated rings. The van der Waals surface area contributed by atoms with E-state index < -0.39 is 0 Å². The van der Waals surface area contributed by atoms with Gasteiger partial charge in [0.25, 0.3) is 0 Å². The van der Waals surface area contributed by atoms with Gasteiger partial charge in [-0.15, -0.1) is 10.2 Å². The van der Waals surface area contributed by atoms with Gasteiger partial charge in [0.1, 0.15) is 11.6 Å². The molecule has 1 atom stereocenters. The van der Waals surface area contributed by atoms with Crippen molar-refractivity contribution in [1.82, 2.24) is 20.1 Å². The first-order chi connectivity index (χ1) is 9.43. The van der Waals surface area contributed by atoms with Crippen LogP contribution in [0.3, 0.4) is 0 Å². The molecule has 0 saturated carbocycles. The van der Waals surface area contributed by atoms with Crippen LogP contribution in [0.2, 0.25) is 0 Å². The summed E-state index contributed by atoms with van der Waals surface area (Å²) in [6, 6.07) is 0. The van der Waals surface area contributed by atoms with Crippen LogP contribution in [-0.2, 0) is 19.5 Å². The van der Waals surface area contributed by atoms with Crippen LogP contribution in [0.1, 0.15) is 50.2 Å². The maximum absolute atomic E-state index is 4.36. The normalized spacial score (nSPS) is 23.1. The fraction of sp³-hybridized carbons (Fsp3) is 0.733. The van der Waals surface area contributed by atoms with E-state index in [1.807, 2.05) is 0 Å². The summed E-state index contributed by atoms with van der Waals surface area (Å²) in [5.41, 5.74) is 0. The van der Waals surface area contributed by atoms with Crippen LogP contribution in [-0.4, -0.2) is 21.3 Å². The quantitative estimate of drug-likeness (QED) is 0.846. The van der Waals surface area contributed by atoms with E-state index in [1.54, 1.807) is 0 Å². The van der Waals surface area contributed by atoms with E-state index in [4.69, 9.17) is 0 Å². The molecule has 0 spiro atoms. The summed E-state index contributed by atoms with van der Waals surface area (Å²) < 4.78 is 2.33. The lowest BCUT2D eigenvalue weighted by molar-refractivity contribution is 0.433. The zero-order valence-corrected chi connectivity index (χ0v) is 11.6. The van der Waals surface area contributed by atoms with Crippen LogP contribution in [0, 0.1) is 5.92 Å². The molecule has 3 rings (SSSR count). The van der Waals surface area contributed by atoms with E-state index in [0.717, 1.165) is 37.8 Å². The van der Waals surface area contributed by atoms with Crippen molar-refractivity contribution in [2.75, 3.05) is 6.54 Å². The molecule has 0 saturated heterocycles. The minimum atomic E-state index is 0.802. The number of hydrogen-bond acceptors (Lipinski definition) is 3. The minimum Gasteiger partial charge on any atom is -0.314 e. The molecule has 4 heteroatoms. The molecule has 4 nitrogen and oxygen atoms in total. The third-order valence-corrected chi connectivity index (χ3v) is 4.28. The predicted octanol–water partition coefficient (Wildman–Crippen LogP) is 2.45. The van der Waals surface area contributed by atoms with E-state index >= 15 is 0 Å². The zero-order valence-electron chi connectivity index (χ0n) is 11.6. The number of aryl methyl sites for hydroxylation is 1. The van der Waals surface area contributed by atoms with Crippen molar-refractivity contribution in [3.63, 3.8) is 0 Å². The molecule has 1 aromatic heterocycles. The van der Waals surface area contributed by atoms with Crippen molar-refractivity contribution in [3.05, 3.63) is 23.8 Å². The van der Waals surface area contributed by atoms with Gasteiger partial charge in [-0.05, 0) is 44.6 Å². The molecule has 1 aliphatic carbocycles. The highest BCUT2D eigenvalue weighted by Crippen LogP contribution is 2.17. The Labute approximate surface area is 115 Å². The molecule has 0 radical (unpaired) electrons. The number of fused-ring (bicyclic) bond motifs is 1. The van der Waals surface area contributed by atoms with Crippen LogP contribution < -0.4 is 5.32 Å². The largest absolute Gasteiger partial charge is 0.314 e. The number of allylic oxidation sites excluding steroid dienone is 2. The fourth-order valence-corrected chi connectivity index (χ4v) is 3.11. The van der Waals surface area contributed by atoms with Crippen molar-refractivity contribution >= 4 is 0 Å². The third kappa shape index (κ3) is 3.24. The fourth-order valence-electron chi connectivity index (χ4n) is 3.11. The van der Waals surface area contributed by atoms with Crippen LogP contribution in [0.25, 0.3) is 0 Å². The summed E-state index contributed by atoms with van der Waals surface area (Å²) in [5.74, 6) is 3.12. The van der Waals surface area contributed by atoms with Crippen molar-refractivity contribution < 1.29 is 0 Å². The van der Waals surface area contributed by atoms with Crippen LogP contribution in [0.4, 0.5) is 0 Å². The molecule has 19 heavy (non-hydrogen) atoms. The summed E-state index contributed by atoms with van der Waals surface area (Å²) in [6.07, 6.45) is 13.4. The number of nitrogens with zero attached hydrogens (tertiary/aromatic N) is 3. The lowest BCUT2D eigenvalue weighted by Crippen LogP contribution is -2.25. The third-order valence-electron chi connectivity index (χ3n) is 4.28. The van der Waals surface area contributed by atoms with E-state index in [-0.39, 0.29) is 0 Å². The van der Waals surface area contributed by atoms with Crippen molar-refractivity contribution in [1.29, 1.82) is 0 Å². The lowest BCUT2D eigenvalue weighted by Gasteiger charge is -2.18. The van der Waals surface area contributed by atoms with Gasteiger partial charge in [-0.3, -0.25) is 0 Å². The second-order valence-corrected chi connectivity index (χ2v) is 5.78. The number of rotatable bonds is 4. The molecule has 0 bridgehead atoms. The summed E-state index contributed by atoms with van der Waals surface area (Å²) >= 11 is 0. The molecule has 2 heterocycles. The van der Waals surface area contributed by atoms with Gasteiger partial charge < -0.3 is 9.88 Å². The molecule has 2 aliphatic rings. The van der Waals surface area contributed by atoms with Crippen LogP contribution in [0.15, 0.2) is 12.2 Å². The van der Waals surface area contributed by atoms with Gasteiger partial charge in [-0.1, -0.05) is 18.6 Å². The predicted molar refractivity (Wildman–Crippen MR) is 75.8 cm³/mol. The van der Waals surface area contributed by atoms with Crippen LogP contribution in [0.5, 0.6) is 0 Å². The van der Waals surface area contributed by atoms with Gasteiger partial charge in [0.05, 0.1) is 6.54 Å². The first kappa shape index (κ1) is 12.9. The minimum absolute atomic E-state index is 0.802. The van der Waals surface area contributed by atoms with E-state index in [1.165, 1.54) is 44.3 Å². The first-order valence-electron chi connectivity index (χ1n) is 7.70. The Morgan fingerprint density at radius 1 is 1.21 bits per heavy atom. The first-order valence-corrected chi connectivity index (χ1v) is 7.70. The standard InChI is InChI=1S/C15H24N4/c1-3-7-13(8-4-1)11-16-12-15-18-17-14-9-5-2-6-10-19(14)15/h1,3,13,16H,2,4-12H2. The van der Waals surface area contributed by atoms with Gasteiger partial charge in [-0.2, -0.15) is 0 Å². The Hall–Kier alpha value is -1.16. The van der Waals surface area contributed by atoms with Gasteiger partial charge in [-0.25, -0.2) is 0 Å². The Bertz CT molecular complexity index is 435. The summed E-state index contributed by atoms with van der Waals surface area (Å²) in [6.45, 7) is 3.07. The van der Waals surface area contributed by atoms with Gasteiger partial charge in [0, 0.05) is 13.0 Å². The number of aromatic nitrogens is 3. The molecule has 1 unspecified atom stereocenters. The summed E-state index contributed by atoms with van der Waals surface area (Å²) in [5, 5.41) is 12.3. The van der Waals surface area contributed by atoms with E-state index in [9.17, 15) is 0 Å². The highest BCUT2D eigenvalue weighted by molar-refractivity contribution is 4.98. The molecule has 1 N–H and O–H groups in total. The second kappa shape index (κ2) is 6.33. The molecule has 1 aliphatic heterocycles. The molecular formula is C15H24N4. The van der Waals surface area contributed by atoms with Gasteiger partial charge >= 0.3 is 0 Å². The molecule has 0 amide bonds. The van der Waals surface area contributed by atoms with Crippen molar-refractivity contribution in [2.24, 2.45) is 5.92 Å². The average Bonchev–Trinajstić information content (AvgIpc) is 2.69. The SMILES string of the molecule is C1=CCC(CNCc2nnc3n2CCCCC3)CC1. The van der Waals surface area contributed by atoms with E-state index in [0.29, 0.717) is 0 Å². The maximum atomic E-state index is 4.36. The Morgan fingerprint density at radius 2 is 2.21 bits per heavy atom. The average molecular weight is 260 g/mol.